The Hall–Kier alpha value is -3.10. The molecule has 0 aliphatic heterocycles. The summed E-state index contributed by atoms with van der Waals surface area (Å²) in [6.07, 6.45) is 0. The van der Waals surface area contributed by atoms with Gasteiger partial charge in [0.25, 0.3) is 5.91 Å². The number of anilines is 1. The summed E-state index contributed by atoms with van der Waals surface area (Å²) in [5, 5.41) is 1.95. The Bertz CT molecular complexity index is 881. The van der Waals surface area contributed by atoms with Crippen molar-refractivity contribution in [2.24, 2.45) is 0 Å². The molecule has 0 spiro atoms. The number of hydrogen-bond acceptors (Lipinski definition) is 5. The minimum Gasteiger partial charge on any atom is -0.452 e. The van der Waals surface area contributed by atoms with Gasteiger partial charge in [-0.05, 0) is 31.5 Å². The summed E-state index contributed by atoms with van der Waals surface area (Å²) in [6, 6.07) is 2.55. The highest BCUT2D eigenvalue weighted by Gasteiger charge is 2.19. The average Bonchev–Trinajstić information content (AvgIpc) is 2.52. The Morgan fingerprint density at radius 1 is 1.16 bits per heavy atom. The van der Waals surface area contributed by atoms with Crippen LogP contribution in [0.1, 0.15) is 21.7 Å². The lowest BCUT2D eigenvalue weighted by Gasteiger charge is -2.10. The van der Waals surface area contributed by atoms with Crippen LogP contribution in [-0.2, 0) is 9.53 Å². The summed E-state index contributed by atoms with van der Waals surface area (Å²) >= 11 is 0. The standard InChI is InChI=1S/C16H12F3NO5/c1-7-5-12(22)25-8(2)13(7)16(23)24-6-11(21)20-10-4-3-9(17)14(18)15(10)19/h3-5H,6H2,1-2H3,(H,20,21). The molecule has 9 heteroatoms. The largest absolute Gasteiger partial charge is 0.452 e. The van der Waals surface area contributed by atoms with E-state index in [-0.39, 0.29) is 11.3 Å². The third-order valence-corrected chi connectivity index (χ3v) is 3.18. The van der Waals surface area contributed by atoms with Gasteiger partial charge in [0.1, 0.15) is 11.3 Å². The molecule has 0 unspecified atom stereocenters. The highest BCUT2D eigenvalue weighted by Crippen LogP contribution is 2.19. The van der Waals surface area contributed by atoms with Crippen LogP contribution in [0.4, 0.5) is 18.9 Å². The SMILES string of the molecule is Cc1cc(=O)oc(C)c1C(=O)OCC(=O)Nc1ccc(F)c(F)c1F. The van der Waals surface area contributed by atoms with Crippen LogP contribution in [0.15, 0.2) is 27.4 Å². The van der Waals surface area contributed by atoms with Gasteiger partial charge in [-0.15, -0.1) is 0 Å². The van der Waals surface area contributed by atoms with Gasteiger partial charge in [0.15, 0.2) is 24.1 Å². The quantitative estimate of drug-likeness (QED) is 0.673. The summed E-state index contributed by atoms with van der Waals surface area (Å²) in [6.45, 7) is 2.05. The minimum atomic E-state index is -1.74. The van der Waals surface area contributed by atoms with Crippen molar-refractivity contribution < 1.29 is 31.9 Å². The van der Waals surface area contributed by atoms with Crippen molar-refractivity contribution in [2.45, 2.75) is 13.8 Å². The molecule has 2 rings (SSSR count). The van der Waals surface area contributed by atoms with Crippen molar-refractivity contribution in [1.29, 1.82) is 0 Å². The third-order valence-electron chi connectivity index (χ3n) is 3.18. The van der Waals surface area contributed by atoms with Gasteiger partial charge in [-0.3, -0.25) is 4.79 Å². The van der Waals surface area contributed by atoms with Crippen molar-refractivity contribution in [3.05, 3.63) is 63.0 Å². The molecule has 1 amide bonds. The molecule has 0 bridgehead atoms. The van der Waals surface area contributed by atoms with Gasteiger partial charge in [0.2, 0.25) is 0 Å². The molecule has 1 aromatic heterocycles. The summed E-state index contributed by atoms with van der Waals surface area (Å²) in [4.78, 5) is 34.8. The molecule has 6 nitrogen and oxygen atoms in total. The monoisotopic (exact) mass is 355 g/mol. The maximum absolute atomic E-state index is 13.5. The van der Waals surface area contributed by atoms with Crippen molar-refractivity contribution in [3.63, 3.8) is 0 Å². The van der Waals surface area contributed by atoms with Crippen LogP contribution in [-0.4, -0.2) is 18.5 Å². The number of halogens is 3. The van der Waals surface area contributed by atoms with Crippen molar-refractivity contribution in [2.75, 3.05) is 11.9 Å². The van der Waals surface area contributed by atoms with Gasteiger partial charge in [-0.2, -0.15) is 0 Å². The number of hydrogen-bond donors (Lipinski definition) is 1. The first-order chi connectivity index (χ1) is 11.7. The van der Waals surface area contributed by atoms with E-state index in [1.54, 1.807) is 0 Å². The number of amides is 1. The van der Waals surface area contributed by atoms with Gasteiger partial charge in [-0.25, -0.2) is 22.8 Å². The molecule has 2 aromatic rings. The number of nitrogens with one attached hydrogen (secondary N) is 1. The average molecular weight is 355 g/mol. The molecular formula is C16H12F3NO5. The first kappa shape index (κ1) is 18.2. The van der Waals surface area contributed by atoms with Crippen LogP contribution >= 0.6 is 0 Å². The second-order valence-electron chi connectivity index (χ2n) is 5.03. The molecule has 0 aliphatic rings. The smallest absolute Gasteiger partial charge is 0.342 e. The van der Waals surface area contributed by atoms with Crippen molar-refractivity contribution in [3.8, 4) is 0 Å². The zero-order valence-electron chi connectivity index (χ0n) is 13.1. The lowest BCUT2D eigenvalue weighted by molar-refractivity contribution is -0.119. The first-order valence-electron chi connectivity index (χ1n) is 6.92. The van der Waals surface area contributed by atoms with E-state index in [0.717, 1.165) is 12.1 Å². The molecule has 25 heavy (non-hydrogen) atoms. The predicted molar refractivity (Wildman–Crippen MR) is 79.7 cm³/mol. The van der Waals surface area contributed by atoms with Crippen molar-refractivity contribution in [1.82, 2.24) is 0 Å². The zero-order valence-corrected chi connectivity index (χ0v) is 13.1. The van der Waals surface area contributed by atoms with E-state index in [9.17, 15) is 27.6 Å². The van der Waals surface area contributed by atoms with Gasteiger partial charge in [-0.1, -0.05) is 0 Å². The molecular weight excluding hydrogens is 343 g/mol. The minimum absolute atomic E-state index is 0.0158. The molecule has 0 atom stereocenters. The fraction of sp³-hybridized carbons (Fsp3) is 0.188. The Balaban J connectivity index is 2.05. The summed E-state index contributed by atoms with van der Waals surface area (Å²) in [5.41, 5.74) is -0.965. The summed E-state index contributed by atoms with van der Waals surface area (Å²) in [7, 11) is 0. The summed E-state index contributed by atoms with van der Waals surface area (Å²) in [5.74, 6) is -6.59. The molecule has 0 fully saturated rings. The van der Waals surface area contributed by atoms with E-state index in [1.807, 2.05) is 5.32 Å². The number of aryl methyl sites for hydroxylation is 2. The normalized spacial score (nSPS) is 10.4. The van der Waals surface area contributed by atoms with Crippen LogP contribution in [0.3, 0.4) is 0 Å². The third kappa shape index (κ3) is 4.06. The van der Waals surface area contributed by atoms with Gasteiger partial charge in [0, 0.05) is 6.07 Å². The lowest BCUT2D eigenvalue weighted by atomic mass is 10.1. The van der Waals surface area contributed by atoms with E-state index in [4.69, 9.17) is 9.15 Å². The number of rotatable bonds is 4. The highest BCUT2D eigenvalue weighted by molar-refractivity contribution is 5.96. The Morgan fingerprint density at radius 3 is 2.48 bits per heavy atom. The maximum atomic E-state index is 13.5. The molecule has 1 N–H and O–H groups in total. The van der Waals surface area contributed by atoms with E-state index in [2.05, 4.69) is 0 Å². The Kier molecular flexibility index (Phi) is 5.26. The predicted octanol–water partition coefficient (Wildman–Crippen LogP) is 2.47. The van der Waals surface area contributed by atoms with Gasteiger partial charge >= 0.3 is 11.6 Å². The summed E-state index contributed by atoms with van der Waals surface area (Å²) < 4.78 is 48.9. The Labute approximate surface area is 139 Å². The molecule has 132 valence electrons. The zero-order chi connectivity index (χ0) is 18.7. The van der Waals surface area contributed by atoms with Crippen LogP contribution in [0.5, 0.6) is 0 Å². The fourth-order valence-corrected chi connectivity index (χ4v) is 2.07. The molecule has 0 aliphatic carbocycles. The van der Waals surface area contributed by atoms with E-state index < -0.39 is 47.2 Å². The molecule has 0 radical (unpaired) electrons. The van der Waals surface area contributed by atoms with E-state index in [0.29, 0.717) is 11.6 Å². The first-order valence-corrected chi connectivity index (χ1v) is 6.92. The molecule has 1 aromatic carbocycles. The second-order valence-corrected chi connectivity index (χ2v) is 5.03. The lowest BCUT2D eigenvalue weighted by Crippen LogP contribution is -2.23. The number of carbonyl (C=O) groups is 2. The molecule has 0 saturated carbocycles. The number of esters is 1. The van der Waals surface area contributed by atoms with Gasteiger partial charge < -0.3 is 14.5 Å². The van der Waals surface area contributed by atoms with E-state index in [1.165, 1.54) is 13.8 Å². The molecule has 0 saturated heterocycles. The van der Waals surface area contributed by atoms with Crippen LogP contribution < -0.4 is 10.9 Å². The second kappa shape index (κ2) is 7.20. The van der Waals surface area contributed by atoms with Crippen molar-refractivity contribution >= 4 is 17.6 Å². The maximum Gasteiger partial charge on any atom is 0.342 e. The number of benzene rings is 1. The van der Waals surface area contributed by atoms with Gasteiger partial charge in [0.05, 0.1) is 5.69 Å². The van der Waals surface area contributed by atoms with E-state index >= 15 is 0 Å². The number of carbonyl (C=O) groups excluding carboxylic acids is 2. The fourth-order valence-electron chi connectivity index (χ4n) is 2.07. The van der Waals surface area contributed by atoms with Crippen LogP contribution in [0.25, 0.3) is 0 Å². The topological polar surface area (TPSA) is 85.6 Å². The number of ether oxygens (including phenoxy) is 1. The van der Waals surface area contributed by atoms with Crippen LogP contribution in [0, 0.1) is 31.3 Å². The molecule has 1 heterocycles. The van der Waals surface area contributed by atoms with Crippen LogP contribution in [0.2, 0.25) is 0 Å². The Morgan fingerprint density at radius 2 is 1.84 bits per heavy atom. The highest BCUT2D eigenvalue weighted by atomic mass is 19.2.